The van der Waals surface area contributed by atoms with E-state index in [1.807, 2.05) is 12.1 Å². The van der Waals surface area contributed by atoms with E-state index in [9.17, 15) is 4.79 Å². The molecule has 0 unspecified atom stereocenters. The topological polar surface area (TPSA) is 79.8 Å². The van der Waals surface area contributed by atoms with Gasteiger partial charge in [0.25, 0.3) is 5.91 Å². The number of rotatable bonds is 6. The molecular formula is C14H15N5O. The predicted octanol–water partition coefficient (Wildman–Crippen LogP) is 1.40. The molecule has 102 valence electrons. The Morgan fingerprint density at radius 2 is 2.05 bits per heavy atom. The molecule has 6 heteroatoms. The molecule has 0 spiro atoms. The average Bonchev–Trinajstić information content (AvgIpc) is 2.52. The first-order valence-electron chi connectivity index (χ1n) is 6.13. The van der Waals surface area contributed by atoms with Crippen molar-refractivity contribution in [2.75, 3.05) is 11.9 Å². The lowest BCUT2D eigenvalue weighted by atomic mass is 10.3. The van der Waals surface area contributed by atoms with Crippen molar-refractivity contribution >= 4 is 11.7 Å². The summed E-state index contributed by atoms with van der Waals surface area (Å²) in [5.74, 6) is 0.347. The average molecular weight is 269 g/mol. The second kappa shape index (κ2) is 6.98. The molecule has 0 fully saturated rings. The minimum atomic E-state index is -0.266. The number of carbonyl (C=O) groups is 1. The lowest BCUT2D eigenvalue weighted by Crippen LogP contribution is -2.24. The van der Waals surface area contributed by atoms with Gasteiger partial charge in [-0.25, -0.2) is 9.97 Å². The van der Waals surface area contributed by atoms with Crippen LogP contribution < -0.4 is 10.6 Å². The number of carbonyl (C=O) groups excluding carboxylic acids is 1. The van der Waals surface area contributed by atoms with Crippen molar-refractivity contribution in [3.8, 4) is 0 Å². The molecule has 0 aliphatic rings. The van der Waals surface area contributed by atoms with Gasteiger partial charge in [0.1, 0.15) is 11.5 Å². The molecule has 2 N–H and O–H groups in total. The van der Waals surface area contributed by atoms with Crippen molar-refractivity contribution in [3.05, 3.63) is 60.8 Å². The Bertz CT molecular complexity index is 568. The fraction of sp³-hybridized carbons (Fsp3) is 0.143. The number of anilines is 1. The van der Waals surface area contributed by atoms with Crippen LogP contribution in [0.25, 0.3) is 0 Å². The van der Waals surface area contributed by atoms with Crippen LogP contribution in [-0.4, -0.2) is 27.4 Å². The van der Waals surface area contributed by atoms with Gasteiger partial charge in [0.2, 0.25) is 0 Å². The highest BCUT2D eigenvalue weighted by Gasteiger charge is 2.06. The summed E-state index contributed by atoms with van der Waals surface area (Å²) in [6, 6.07) is 3.83. The van der Waals surface area contributed by atoms with Gasteiger partial charge in [-0.15, -0.1) is 6.58 Å². The molecule has 0 saturated heterocycles. The first-order valence-corrected chi connectivity index (χ1v) is 6.13. The number of nitrogens with one attached hydrogen (secondary N) is 2. The maximum absolute atomic E-state index is 11.6. The van der Waals surface area contributed by atoms with Crippen LogP contribution in [-0.2, 0) is 6.54 Å². The van der Waals surface area contributed by atoms with Gasteiger partial charge in [-0.2, -0.15) is 0 Å². The number of aromatic nitrogens is 3. The van der Waals surface area contributed by atoms with E-state index in [1.165, 1.54) is 12.4 Å². The summed E-state index contributed by atoms with van der Waals surface area (Å²) in [6.45, 7) is 4.56. The molecular weight excluding hydrogens is 254 g/mol. The van der Waals surface area contributed by atoms with Gasteiger partial charge in [0, 0.05) is 25.5 Å². The van der Waals surface area contributed by atoms with Crippen molar-refractivity contribution in [1.29, 1.82) is 0 Å². The molecule has 0 bridgehead atoms. The van der Waals surface area contributed by atoms with Crippen molar-refractivity contribution in [3.63, 3.8) is 0 Å². The summed E-state index contributed by atoms with van der Waals surface area (Å²) in [4.78, 5) is 23.8. The first-order chi connectivity index (χ1) is 9.79. The molecule has 2 rings (SSSR count). The number of hydrogen-bond donors (Lipinski definition) is 2. The number of nitrogens with zero attached hydrogens (tertiary/aromatic N) is 3. The Labute approximate surface area is 117 Å². The molecule has 20 heavy (non-hydrogen) atoms. The van der Waals surface area contributed by atoms with E-state index in [4.69, 9.17) is 0 Å². The zero-order chi connectivity index (χ0) is 14.2. The number of hydrogen-bond acceptors (Lipinski definition) is 5. The second-order valence-electron chi connectivity index (χ2n) is 3.99. The molecule has 0 aromatic carbocycles. The Balaban J connectivity index is 1.91. The van der Waals surface area contributed by atoms with Crippen LogP contribution in [0.2, 0.25) is 0 Å². The van der Waals surface area contributed by atoms with Crippen molar-refractivity contribution in [2.45, 2.75) is 6.54 Å². The maximum atomic E-state index is 11.6. The molecule has 0 atom stereocenters. The van der Waals surface area contributed by atoms with Crippen LogP contribution in [0.15, 0.2) is 49.6 Å². The maximum Gasteiger partial charge on any atom is 0.271 e. The van der Waals surface area contributed by atoms with E-state index in [2.05, 4.69) is 32.2 Å². The summed E-state index contributed by atoms with van der Waals surface area (Å²) in [5, 5.41) is 5.76. The highest BCUT2D eigenvalue weighted by Crippen LogP contribution is 2.04. The minimum Gasteiger partial charge on any atom is -0.365 e. The van der Waals surface area contributed by atoms with Gasteiger partial charge in [-0.3, -0.25) is 9.78 Å². The van der Waals surface area contributed by atoms with Crippen LogP contribution in [0, 0.1) is 0 Å². The van der Waals surface area contributed by atoms with Crippen LogP contribution in [0.5, 0.6) is 0 Å². The molecule has 2 heterocycles. The summed E-state index contributed by atoms with van der Waals surface area (Å²) in [6.07, 6.45) is 8.04. The summed E-state index contributed by atoms with van der Waals surface area (Å²) >= 11 is 0. The SMILES string of the molecule is C=CCNC(=O)c1cnc(NCc2ccncc2)cn1. The van der Waals surface area contributed by atoms with E-state index < -0.39 is 0 Å². The van der Waals surface area contributed by atoms with Gasteiger partial charge in [-0.05, 0) is 17.7 Å². The highest BCUT2D eigenvalue weighted by atomic mass is 16.1. The zero-order valence-electron chi connectivity index (χ0n) is 10.9. The van der Waals surface area contributed by atoms with Crippen LogP contribution in [0.4, 0.5) is 5.82 Å². The van der Waals surface area contributed by atoms with Gasteiger partial charge in [-0.1, -0.05) is 6.08 Å². The van der Waals surface area contributed by atoms with E-state index in [0.29, 0.717) is 18.9 Å². The fourth-order valence-electron chi connectivity index (χ4n) is 1.49. The van der Waals surface area contributed by atoms with E-state index in [0.717, 1.165) is 5.56 Å². The zero-order valence-corrected chi connectivity index (χ0v) is 10.9. The lowest BCUT2D eigenvalue weighted by molar-refractivity contribution is 0.0952. The monoisotopic (exact) mass is 269 g/mol. The molecule has 2 aromatic heterocycles. The quantitative estimate of drug-likeness (QED) is 0.775. The predicted molar refractivity (Wildman–Crippen MR) is 76.1 cm³/mol. The Morgan fingerprint density at radius 1 is 1.25 bits per heavy atom. The molecule has 2 aromatic rings. The molecule has 0 aliphatic heterocycles. The largest absolute Gasteiger partial charge is 0.365 e. The summed E-state index contributed by atoms with van der Waals surface area (Å²) in [5.41, 5.74) is 1.37. The van der Waals surface area contributed by atoms with E-state index in [1.54, 1.807) is 18.5 Å². The van der Waals surface area contributed by atoms with Crippen molar-refractivity contribution in [2.24, 2.45) is 0 Å². The van der Waals surface area contributed by atoms with Gasteiger partial charge < -0.3 is 10.6 Å². The highest BCUT2D eigenvalue weighted by molar-refractivity contribution is 5.92. The smallest absolute Gasteiger partial charge is 0.271 e. The molecule has 0 saturated carbocycles. The third-order valence-electron chi connectivity index (χ3n) is 2.51. The number of pyridine rings is 1. The standard InChI is InChI=1S/C14H15N5O/c1-2-5-16-14(20)12-9-19-13(10-17-12)18-8-11-3-6-15-7-4-11/h2-4,6-7,9-10H,1,5,8H2,(H,16,20)(H,18,19). The minimum absolute atomic E-state index is 0.266. The second-order valence-corrected chi connectivity index (χ2v) is 3.99. The Kier molecular flexibility index (Phi) is 4.77. The van der Waals surface area contributed by atoms with E-state index in [-0.39, 0.29) is 11.6 Å². The lowest BCUT2D eigenvalue weighted by Gasteiger charge is -2.06. The molecule has 0 radical (unpaired) electrons. The van der Waals surface area contributed by atoms with Crippen LogP contribution >= 0.6 is 0 Å². The fourth-order valence-corrected chi connectivity index (χ4v) is 1.49. The summed E-state index contributed by atoms with van der Waals surface area (Å²) < 4.78 is 0. The summed E-state index contributed by atoms with van der Waals surface area (Å²) in [7, 11) is 0. The molecule has 1 amide bonds. The van der Waals surface area contributed by atoms with Gasteiger partial charge in [0.15, 0.2) is 0 Å². The first kappa shape index (κ1) is 13.7. The van der Waals surface area contributed by atoms with Gasteiger partial charge in [0.05, 0.1) is 12.4 Å². The van der Waals surface area contributed by atoms with Crippen LogP contribution in [0.3, 0.4) is 0 Å². The Hall–Kier alpha value is -2.76. The van der Waals surface area contributed by atoms with Crippen LogP contribution in [0.1, 0.15) is 16.1 Å². The van der Waals surface area contributed by atoms with Crippen molar-refractivity contribution in [1.82, 2.24) is 20.3 Å². The Morgan fingerprint density at radius 3 is 2.70 bits per heavy atom. The molecule has 6 nitrogen and oxygen atoms in total. The third kappa shape index (κ3) is 3.88. The normalized spacial score (nSPS) is 9.80. The number of amides is 1. The van der Waals surface area contributed by atoms with Gasteiger partial charge >= 0.3 is 0 Å². The third-order valence-corrected chi connectivity index (χ3v) is 2.51. The molecule has 0 aliphatic carbocycles. The van der Waals surface area contributed by atoms with E-state index >= 15 is 0 Å². The van der Waals surface area contributed by atoms with Crippen molar-refractivity contribution < 1.29 is 4.79 Å².